The fourth-order valence-electron chi connectivity index (χ4n) is 1.84. The summed E-state index contributed by atoms with van der Waals surface area (Å²) in [5.41, 5.74) is 2.09. The first kappa shape index (κ1) is 10.4. The Kier molecular flexibility index (Phi) is 2.61. The third-order valence-corrected chi connectivity index (χ3v) is 2.90. The van der Waals surface area contributed by atoms with Crippen molar-refractivity contribution in [3.8, 4) is 5.75 Å². The highest BCUT2D eigenvalue weighted by molar-refractivity contribution is 6.35. The van der Waals surface area contributed by atoms with Crippen LogP contribution in [0.2, 0.25) is 5.02 Å². The van der Waals surface area contributed by atoms with Gasteiger partial charge in [0.2, 0.25) is 0 Å². The quantitative estimate of drug-likeness (QED) is 0.819. The number of aromatic nitrogens is 1. The third kappa shape index (κ3) is 1.59. The number of fused-ring (bicyclic) bond motifs is 1. The lowest BCUT2D eigenvalue weighted by Crippen LogP contribution is -1.95. The van der Waals surface area contributed by atoms with Crippen LogP contribution in [0, 0.1) is 0 Å². The molecule has 1 N–H and O–H groups in total. The Labute approximate surface area is 94.2 Å². The van der Waals surface area contributed by atoms with Crippen molar-refractivity contribution < 1.29 is 4.74 Å². The van der Waals surface area contributed by atoms with E-state index in [0.717, 1.165) is 27.2 Å². The minimum absolute atomic E-state index is 0.400. The summed E-state index contributed by atoms with van der Waals surface area (Å²) in [6, 6.07) is 3.97. The summed E-state index contributed by atoms with van der Waals surface area (Å²) in [6.07, 6.45) is 1.88. The minimum Gasteiger partial charge on any atom is -0.496 e. The van der Waals surface area contributed by atoms with Gasteiger partial charge in [-0.2, -0.15) is 0 Å². The summed E-state index contributed by atoms with van der Waals surface area (Å²) in [5.74, 6) is 1.32. The first-order valence-electron chi connectivity index (χ1n) is 4.98. The predicted molar refractivity (Wildman–Crippen MR) is 63.9 cm³/mol. The monoisotopic (exact) mass is 223 g/mol. The summed E-state index contributed by atoms with van der Waals surface area (Å²) in [6.45, 7) is 4.26. The van der Waals surface area contributed by atoms with Crippen LogP contribution in [-0.4, -0.2) is 12.1 Å². The van der Waals surface area contributed by atoms with Crippen LogP contribution in [0.25, 0.3) is 10.9 Å². The summed E-state index contributed by atoms with van der Waals surface area (Å²) < 4.78 is 5.45. The lowest BCUT2D eigenvalue weighted by atomic mass is 10.00. The Bertz CT molecular complexity index is 488. The van der Waals surface area contributed by atoms with E-state index in [1.54, 1.807) is 7.11 Å². The highest BCUT2D eigenvalue weighted by Gasteiger charge is 2.14. The van der Waals surface area contributed by atoms with Crippen molar-refractivity contribution in [2.75, 3.05) is 7.11 Å². The van der Waals surface area contributed by atoms with Gasteiger partial charge in [-0.15, -0.1) is 0 Å². The van der Waals surface area contributed by atoms with Crippen LogP contribution in [0.4, 0.5) is 0 Å². The van der Waals surface area contributed by atoms with E-state index in [0.29, 0.717) is 5.92 Å². The normalized spacial score (nSPS) is 11.3. The number of halogens is 1. The molecule has 3 heteroatoms. The van der Waals surface area contributed by atoms with E-state index in [1.807, 2.05) is 18.3 Å². The van der Waals surface area contributed by atoms with Crippen molar-refractivity contribution in [1.82, 2.24) is 4.98 Å². The van der Waals surface area contributed by atoms with Gasteiger partial charge in [0, 0.05) is 11.6 Å². The average molecular weight is 224 g/mol. The van der Waals surface area contributed by atoms with Crippen molar-refractivity contribution in [2.24, 2.45) is 0 Å². The van der Waals surface area contributed by atoms with E-state index in [-0.39, 0.29) is 0 Å². The van der Waals surface area contributed by atoms with E-state index < -0.39 is 0 Å². The lowest BCUT2D eigenvalue weighted by Gasteiger charge is -2.13. The molecule has 2 nitrogen and oxygen atoms in total. The van der Waals surface area contributed by atoms with Crippen LogP contribution in [0.3, 0.4) is 0 Å². The first-order valence-corrected chi connectivity index (χ1v) is 5.36. The predicted octanol–water partition coefficient (Wildman–Crippen LogP) is 3.95. The molecule has 80 valence electrons. The summed E-state index contributed by atoms with van der Waals surface area (Å²) >= 11 is 6.19. The Morgan fingerprint density at radius 3 is 2.73 bits per heavy atom. The maximum absolute atomic E-state index is 6.19. The van der Waals surface area contributed by atoms with E-state index in [9.17, 15) is 0 Å². The summed E-state index contributed by atoms with van der Waals surface area (Å²) in [7, 11) is 1.70. The van der Waals surface area contributed by atoms with Crippen LogP contribution in [0.5, 0.6) is 5.75 Å². The fourth-order valence-corrected chi connectivity index (χ4v) is 2.12. The zero-order valence-corrected chi connectivity index (χ0v) is 9.85. The maximum Gasteiger partial charge on any atom is 0.131 e. The van der Waals surface area contributed by atoms with Gasteiger partial charge in [0.1, 0.15) is 5.75 Å². The maximum atomic E-state index is 6.19. The molecule has 0 fully saturated rings. The van der Waals surface area contributed by atoms with Crippen LogP contribution >= 0.6 is 11.6 Å². The van der Waals surface area contributed by atoms with Gasteiger partial charge in [-0.25, -0.2) is 0 Å². The molecule has 2 aromatic rings. The van der Waals surface area contributed by atoms with Gasteiger partial charge in [0.25, 0.3) is 0 Å². The van der Waals surface area contributed by atoms with Gasteiger partial charge < -0.3 is 9.72 Å². The number of H-pyrrole nitrogens is 1. The number of hydrogen-bond acceptors (Lipinski definition) is 1. The van der Waals surface area contributed by atoms with Crippen LogP contribution < -0.4 is 4.74 Å². The van der Waals surface area contributed by atoms with Crippen molar-refractivity contribution in [1.29, 1.82) is 0 Å². The SMILES string of the molecule is COc1c(C(C)C)cc(Cl)c2[nH]ccc12. The largest absolute Gasteiger partial charge is 0.496 e. The zero-order chi connectivity index (χ0) is 11.0. The van der Waals surface area contributed by atoms with Crippen molar-refractivity contribution in [3.63, 3.8) is 0 Å². The number of hydrogen-bond donors (Lipinski definition) is 1. The lowest BCUT2D eigenvalue weighted by molar-refractivity contribution is 0.413. The standard InChI is InChI=1S/C12H14ClNO/c1-7(2)9-6-10(13)11-8(4-5-14-11)12(9)15-3/h4-7,14H,1-3H3. The van der Waals surface area contributed by atoms with E-state index in [1.165, 1.54) is 0 Å². The van der Waals surface area contributed by atoms with Gasteiger partial charge in [-0.1, -0.05) is 25.4 Å². The third-order valence-electron chi connectivity index (χ3n) is 2.60. The number of ether oxygens (including phenoxy) is 1. The van der Waals surface area contributed by atoms with Gasteiger partial charge in [0.15, 0.2) is 0 Å². The molecular formula is C12H14ClNO. The molecule has 0 atom stereocenters. The molecule has 0 radical (unpaired) electrons. The zero-order valence-electron chi connectivity index (χ0n) is 9.10. The molecule has 1 aromatic carbocycles. The molecule has 0 aliphatic heterocycles. The van der Waals surface area contributed by atoms with Gasteiger partial charge in [-0.3, -0.25) is 0 Å². The van der Waals surface area contributed by atoms with Crippen molar-refractivity contribution in [3.05, 3.63) is 28.9 Å². The second-order valence-electron chi connectivity index (χ2n) is 3.90. The Hall–Kier alpha value is -1.15. The summed E-state index contributed by atoms with van der Waals surface area (Å²) in [5, 5.41) is 1.80. The highest BCUT2D eigenvalue weighted by Crippen LogP contribution is 2.37. The Balaban J connectivity index is 2.81. The molecular weight excluding hydrogens is 210 g/mol. The van der Waals surface area contributed by atoms with Gasteiger partial charge >= 0.3 is 0 Å². The van der Waals surface area contributed by atoms with Gasteiger partial charge in [-0.05, 0) is 23.6 Å². The molecule has 1 heterocycles. The van der Waals surface area contributed by atoms with E-state index >= 15 is 0 Å². The molecule has 0 saturated heterocycles. The van der Waals surface area contributed by atoms with Crippen LogP contribution in [0.15, 0.2) is 18.3 Å². The van der Waals surface area contributed by atoms with Crippen molar-refractivity contribution in [2.45, 2.75) is 19.8 Å². The Morgan fingerprint density at radius 1 is 1.40 bits per heavy atom. The number of rotatable bonds is 2. The van der Waals surface area contributed by atoms with E-state index in [2.05, 4.69) is 18.8 Å². The smallest absolute Gasteiger partial charge is 0.131 e. The second-order valence-corrected chi connectivity index (χ2v) is 4.31. The molecule has 0 bridgehead atoms. The highest BCUT2D eigenvalue weighted by atomic mass is 35.5. The van der Waals surface area contributed by atoms with Crippen LogP contribution in [-0.2, 0) is 0 Å². The molecule has 0 aliphatic rings. The number of methoxy groups -OCH3 is 1. The minimum atomic E-state index is 0.400. The topological polar surface area (TPSA) is 25.0 Å². The number of aromatic amines is 1. The molecule has 0 unspecified atom stereocenters. The molecule has 1 aromatic heterocycles. The molecule has 0 aliphatic carbocycles. The first-order chi connectivity index (χ1) is 7.15. The molecule has 15 heavy (non-hydrogen) atoms. The van der Waals surface area contributed by atoms with Crippen LogP contribution in [0.1, 0.15) is 25.3 Å². The number of nitrogens with one attached hydrogen (secondary N) is 1. The Morgan fingerprint density at radius 2 is 2.13 bits per heavy atom. The average Bonchev–Trinajstić information content (AvgIpc) is 2.66. The fraction of sp³-hybridized carbons (Fsp3) is 0.333. The van der Waals surface area contributed by atoms with E-state index in [4.69, 9.17) is 16.3 Å². The van der Waals surface area contributed by atoms with Crippen molar-refractivity contribution >= 4 is 22.5 Å². The summed E-state index contributed by atoms with van der Waals surface area (Å²) in [4.78, 5) is 3.12. The number of benzene rings is 1. The molecule has 2 rings (SSSR count). The molecule has 0 saturated carbocycles. The van der Waals surface area contributed by atoms with Gasteiger partial charge in [0.05, 0.1) is 17.6 Å². The molecule has 0 spiro atoms. The molecule has 0 amide bonds. The second kappa shape index (κ2) is 3.78.